The van der Waals surface area contributed by atoms with Crippen LogP contribution in [-0.2, 0) is 6.42 Å². The second-order valence-corrected chi connectivity index (χ2v) is 13.0. The Hall–Kier alpha value is -3.44. The zero-order valence-corrected chi connectivity index (χ0v) is 27.3. The van der Waals surface area contributed by atoms with E-state index in [0.717, 1.165) is 61.2 Å². The summed E-state index contributed by atoms with van der Waals surface area (Å²) in [5.41, 5.74) is 9.59. The Morgan fingerprint density at radius 1 is 1.33 bits per heavy atom. The molecule has 1 saturated heterocycles. The minimum Gasteiger partial charge on any atom is -0.374 e. The summed E-state index contributed by atoms with van der Waals surface area (Å²) in [6.45, 7) is 6.27. The van der Waals surface area contributed by atoms with Crippen LogP contribution in [0.1, 0.15) is 62.6 Å². The van der Waals surface area contributed by atoms with Gasteiger partial charge in [-0.2, -0.15) is 4.98 Å². The van der Waals surface area contributed by atoms with Crippen molar-refractivity contribution in [3.63, 3.8) is 0 Å². The number of fused-ring (bicyclic) bond motifs is 1. The van der Waals surface area contributed by atoms with E-state index in [-0.39, 0.29) is 17.1 Å². The summed E-state index contributed by atoms with van der Waals surface area (Å²) in [5.74, 6) is -0.0338. The van der Waals surface area contributed by atoms with E-state index >= 15 is 4.39 Å². The molecule has 3 atom stereocenters. The lowest BCUT2D eigenvalue weighted by Crippen LogP contribution is -2.39. The van der Waals surface area contributed by atoms with E-state index in [1.54, 1.807) is 49.2 Å². The molecule has 11 heteroatoms. The van der Waals surface area contributed by atoms with Crippen LogP contribution >= 0.6 is 23.4 Å². The van der Waals surface area contributed by atoms with Crippen molar-refractivity contribution in [3.05, 3.63) is 87.7 Å². The van der Waals surface area contributed by atoms with Gasteiger partial charge in [-0.05, 0) is 93.2 Å². The number of nitrogens with one attached hydrogen (secondary N) is 4. The van der Waals surface area contributed by atoms with Gasteiger partial charge in [0.15, 0.2) is 5.82 Å². The molecule has 0 aliphatic carbocycles. The van der Waals surface area contributed by atoms with Crippen LogP contribution in [0.3, 0.4) is 0 Å². The number of hydrogen-bond donors (Lipinski definition) is 5. The highest BCUT2D eigenvalue weighted by atomic mass is 35.5. The molecule has 0 radical (unpaired) electrons. The minimum atomic E-state index is -0.523. The van der Waals surface area contributed by atoms with Gasteiger partial charge >= 0.3 is 5.69 Å². The molecule has 0 amide bonds. The Morgan fingerprint density at radius 2 is 2.16 bits per heavy atom. The second kappa shape index (κ2) is 14.8. The molecule has 2 aromatic carbocycles. The lowest BCUT2D eigenvalue weighted by atomic mass is 9.92. The second-order valence-electron chi connectivity index (χ2n) is 11.7. The lowest BCUT2D eigenvalue weighted by molar-refractivity contribution is 0.310. The molecule has 8 nitrogen and oxygen atoms in total. The first kappa shape index (κ1) is 32.9. The summed E-state index contributed by atoms with van der Waals surface area (Å²) in [5, 5.41) is 15.2. The van der Waals surface area contributed by atoms with Gasteiger partial charge in [0.25, 0.3) is 0 Å². The Kier molecular flexibility index (Phi) is 10.8. The smallest absolute Gasteiger partial charge is 0.354 e. The fourth-order valence-electron chi connectivity index (χ4n) is 6.03. The maximum atomic E-state index is 15.2. The van der Waals surface area contributed by atoms with Gasteiger partial charge in [-0.25, -0.2) is 9.18 Å². The molecule has 0 unspecified atom stereocenters. The summed E-state index contributed by atoms with van der Waals surface area (Å²) >= 11 is 7.95. The van der Waals surface area contributed by atoms with Crippen molar-refractivity contribution in [1.29, 1.82) is 5.41 Å². The molecule has 0 bridgehead atoms. The van der Waals surface area contributed by atoms with Crippen LogP contribution in [0, 0.1) is 11.2 Å². The standard InChI is InChI=1S/C34H41ClFN7OS/c1-4-23(38)8-5-7-21-15-27(32(36)28(35)16-21)30-17-22-19-43(34(44)42-33(22)41-30)25-11-12-26(31(18-25)45-3)29-10-6-9-24(40-29)13-14-39-20(2)37/h4,11-12,15-19,23-24,29,40H,1,5-10,13-14,38H2,2-3H3,(H2,37,39)(H,41,42,44)/t23-,24+,29+/m1/s1. The molecule has 4 aromatic rings. The number of thioether (sulfide) groups is 1. The normalized spacial score (nSPS) is 17.4. The molecule has 6 N–H and O–H groups in total. The van der Waals surface area contributed by atoms with Gasteiger partial charge in [-0.1, -0.05) is 30.2 Å². The number of hydrogen-bond acceptors (Lipinski definition) is 6. The first-order valence-corrected chi connectivity index (χ1v) is 17.0. The Bertz CT molecular complexity index is 1750. The molecule has 0 spiro atoms. The third-order valence-corrected chi connectivity index (χ3v) is 9.50. The Morgan fingerprint density at radius 3 is 2.91 bits per heavy atom. The first-order chi connectivity index (χ1) is 21.7. The fraction of sp³-hybridized carbons (Fsp3) is 0.382. The molecule has 45 heavy (non-hydrogen) atoms. The third-order valence-electron chi connectivity index (χ3n) is 8.43. The van der Waals surface area contributed by atoms with E-state index in [1.165, 1.54) is 10.1 Å². The van der Waals surface area contributed by atoms with Crippen LogP contribution < -0.4 is 22.1 Å². The van der Waals surface area contributed by atoms with Crippen LogP contribution in [0.4, 0.5) is 4.39 Å². The largest absolute Gasteiger partial charge is 0.374 e. The topological polar surface area (TPSA) is 125 Å². The van der Waals surface area contributed by atoms with E-state index in [1.807, 2.05) is 18.4 Å². The van der Waals surface area contributed by atoms with E-state index in [4.69, 9.17) is 22.7 Å². The van der Waals surface area contributed by atoms with Gasteiger partial charge in [-0.3, -0.25) is 9.98 Å². The van der Waals surface area contributed by atoms with Gasteiger partial charge in [0.1, 0.15) is 5.65 Å². The van der Waals surface area contributed by atoms with Gasteiger partial charge in [-0.15, -0.1) is 18.3 Å². The van der Waals surface area contributed by atoms with Crippen LogP contribution in [0.15, 0.2) is 64.9 Å². The van der Waals surface area contributed by atoms with E-state index in [9.17, 15) is 4.79 Å². The third kappa shape index (κ3) is 7.87. The number of benzene rings is 2. The number of H-pyrrole nitrogens is 1. The first-order valence-electron chi connectivity index (χ1n) is 15.4. The Labute approximate surface area is 272 Å². The quantitative estimate of drug-likeness (QED) is 0.0493. The average molecular weight is 650 g/mol. The maximum Gasteiger partial charge on any atom is 0.354 e. The predicted octanol–water partition coefficient (Wildman–Crippen LogP) is 6.89. The molecule has 1 aliphatic heterocycles. The minimum absolute atomic E-state index is 0.0447. The highest BCUT2D eigenvalue weighted by Crippen LogP contribution is 2.35. The zero-order chi connectivity index (χ0) is 32.1. The van der Waals surface area contributed by atoms with Crippen LogP contribution in [0.2, 0.25) is 5.02 Å². The van der Waals surface area contributed by atoms with Crippen LogP contribution in [0.25, 0.3) is 28.0 Å². The molecule has 5 rings (SSSR count). The lowest BCUT2D eigenvalue weighted by Gasteiger charge is -2.32. The average Bonchev–Trinajstić information content (AvgIpc) is 3.44. The number of aromatic nitrogens is 3. The number of amidine groups is 1. The number of aryl methyl sites for hydroxylation is 1. The number of rotatable bonds is 12. The molecule has 238 valence electrons. The predicted molar refractivity (Wildman–Crippen MR) is 185 cm³/mol. The molecular weight excluding hydrogens is 609 g/mol. The number of piperidine rings is 1. The molecular formula is C34H41ClFN7OS. The number of nitrogens with two attached hydrogens (primary N) is 1. The monoisotopic (exact) mass is 649 g/mol. The van der Waals surface area contributed by atoms with Crippen LogP contribution in [0.5, 0.6) is 0 Å². The van der Waals surface area contributed by atoms with Crippen molar-refractivity contribution in [2.75, 3.05) is 12.8 Å². The van der Waals surface area contributed by atoms with Crippen molar-refractivity contribution in [2.24, 2.45) is 5.73 Å². The van der Waals surface area contributed by atoms with Crippen molar-refractivity contribution in [1.82, 2.24) is 25.2 Å². The van der Waals surface area contributed by atoms with Gasteiger partial charge in [0, 0.05) is 46.7 Å². The summed E-state index contributed by atoms with van der Waals surface area (Å²) in [4.78, 5) is 21.7. The maximum absolute atomic E-state index is 15.2. The number of aromatic amines is 1. The van der Waals surface area contributed by atoms with Crippen molar-refractivity contribution in [3.8, 4) is 16.9 Å². The van der Waals surface area contributed by atoms with Crippen molar-refractivity contribution in [2.45, 2.75) is 74.9 Å². The summed E-state index contributed by atoms with van der Waals surface area (Å²) in [6, 6.07) is 11.9. The molecule has 1 fully saturated rings. The van der Waals surface area contributed by atoms with Crippen molar-refractivity contribution < 1.29 is 4.39 Å². The van der Waals surface area contributed by atoms with E-state index < -0.39 is 11.5 Å². The van der Waals surface area contributed by atoms with E-state index in [0.29, 0.717) is 40.6 Å². The fourth-order valence-corrected chi connectivity index (χ4v) is 6.96. The Balaban J connectivity index is 1.40. The molecule has 2 aromatic heterocycles. The van der Waals surface area contributed by atoms with Gasteiger partial charge < -0.3 is 21.4 Å². The van der Waals surface area contributed by atoms with Crippen molar-refractivity contribution >= 4 is 40.2 Å². The molecule has 3 heterocycles. The van der Waals surface area contributed by atoms with Crippen LogP contribution in [-0.4, -0.2) is 45.3 Å². The zero-order valence-electron chi connectivity index (χ0n) is 25.8. The summed E-state index contributed by atoms with van der Waals surface area (Å²) in [6.07, 6.45) is 12.1. The number of nitrogens with zero attached hydrogens (tertiary/aromatic N) is 2. The summed E-state index contributed by atoms with van der Waals surface area (Å²) < 4.78 is 16.8. The molecule has 0 saturated carbocycles. The van der Waals surface area contributed by atoms with E-state index in [2.05, 4.69) is 33.2 Å². The SMILES string of the molecule is C=C[C@@H](N)CCCc1cc(Cl)c(F)c(-c2cc3cn(-c4ccc([C@@H]5CCC[C@@H](CCNC(C)=N)N5)c(SC)c4)c(=O)nc3[nH]2)c1. The highest BCUT2D eigenvalue weighted by molar-refractivity contribution is 7.98. The molecule has 1 aliphatic rings. The highest BCUT2D eigenvalue weighted by Gasteiger charge is 2.24. The number of halogens is 2. The van der Waals surface area contributed by atoms with Gasteiger partial charge in [0.05, 0.1) is 22.2 Å². The van der Waals surface area contributed by atoms with Gasteiger partial charge in [0.2, 0.25) is 0 Å². The summed E-state index contributed by atoms with van der Waals surface area (Å²) in [7, 11) is 0.